The van der Waals surface area contributed by atoms with Gasteiger partial charge < -0.3 is 9.64 Å². The van der Waals surface area contributed by atoms with Gasteiger partial charge in [0.2, 0.25) is 5.88 Å². The Bertz CT molecular complexity index is 742. The Kier molecular flexibility index (Phi) is 5.02. The van der Waals surface area contributed by atoms with E-state index in [0.29, 0.717) is 30.2 Å². The predicted octanol–water partition coefficient (Wildman–Crippen LogP) is 2.28. The molecule has 1 aliphatic rings. The zero-order valence-electron chi connectivity index (χ0n) is 13.3. The molecule has 1 aliphatic heterocycles. The van der Waals surface area contributed by atoms with Crippen LogP contribution in [0.15, 0.2) is 42.9 Å². The highest BCUT2D eigenvalue weighted by molar-refractivity contribution is 5.93. The van der Waals surface area contributed by atoms with Gasteiger partial charge in [-0.15, -0.1) is 0 Å². The SMILES string of the molecule is N#Cc1ccnc(OCC2CCCN(C(=O)c3cccnc3)C2)c1. The van der Waals surface area contributed by atoms with Crippen LogP contribution in [-0.4, -0.2) is 40.5 Å². The van der Waals surface area contributed by atoms with Crippen molar-refractivity contribution < 1.29 is 9.53 Å². The Morgan fingerprint density at radius 2 is 2.33 bits per heavy atom. The largest absolute Gasteiger partial charge is 0.477 e. The van der Waals surface area contributed by atoms with Crippen molar-refractivity contribution in [3.8, 4) is 11.9 Å². The predicted molar refractivity (Wildman–Crippen MR) is 87.3 cm³/mol. The molecular formula is C18H18N4O2. The van der Waals surface area contributed by atoms with E-state index in [9.17, 15) is 4.79 Å². The summed E-state index contributed by atoms with van der Waals surface area (Å²) in [4.78, 5) is 22.5. The summed E-state index contributed by atoms with van der Waals surface area (Å²) in [7, 11) is 0. The fourth-order valence-corrected chi connectivity index (χ4v) is 2.82. The van der Waals surface area contributed by atoms with Crippen LogP contribution >= 0.6 is 0 Å². The van der Waals surface area contributed by atoms with Crippen LogP contribution in [0.1, 0.15) is 28.8 Å². The third kappa shape index (κ3) is 3.87. The maximum Gasteiger partial charge on any atom is 0.255 e. The molecule has 0 N–H and O–H groups in total. The number of nitriles is 1. The lowest BCUT2D eigenvalue weighted by Gasteiger charge is -2.32. The highest BCUT2D eigenvalue weighted by atomic mass is 16.5. The average molecular weight is 322 g/mol. The van der Waals surface area contributed by atoms with Gasteiger partial charge in [0.1, 0.15) is 0 Å². The van der Waals surface area contributed by atoms with Crippen molar-refractivity contribution >= 4 is 5.91 Å². The van der Waals surface area contributed by atoms with Gasteiger partial charge in [-0.1, -0.05) is 0 Å². The van der Waals surface area contributed by atoms with Crippen LogP contribution in [0, 0.1) is 17.2 Å². The van der Waals surface area contributed by atoms with E-state index < -0.39 is 0 Å². The molecule has 1 unspecified atom stereocenters. The van der Waals surface area contributed by atoms with Gasteiger partial charge in [-0.2, -0.15) is 5.26 Å². The molecule has 0 bridgehead atoms. The van der Waals surface area contributed by atoms with E-state index in [1.807, 2.05) is 4.90 Å². The molecule has 6 heteroatoms. The van der Waals surface area contributed by atoms with Crippen LogP contribution in [0.2, 0.25) is 0 Å². The molecular weight excluding hydrogens is 304 g/mol. The van der Waals surface area contributed by atoms with Gasteiger partial charge in [0.25, 0.3) is 5.91 Å². The molecule has 1 saturated heterocycles. The minimum Gasteiger partial charge on any atom is -0.477 e. The number of carbonyl (C=O) groups is 1. The smallest absolute Gasteiger partial charge is 0.255 e. The molecule has 1 fully saturated rings. The van der Waals surface area contributed by atoms with Crippen molar-refractivity contribution in [2.75, 3.05) is 19.7 Å². The summed E-state index contributed by atoms with van der Waals surface area (Å²) in [6.45, 7) is 1.90. The Morgan fingerprint density at radius 1 is 1.42 bits per heavy atom. The van der Waals surface area contributed by atoms with Gasteiger partial charge in [-0.3, -0.25) is 9.78 Å². The summed E-state index contributed by atoms with van der Waals surface area (Å²) in [6, 6.07) is 8.89. The number of piperidine rings is 1. The Hall–Kier alpha value is -2.94. The second kappa shape index (κ2) is 7.55. The molecule has 1 amide bonds. The molecule has 2 aromatic rings. The lowest BCUT2D eigenvalue weighted by atomic mass is 9.98. The van der Waals surface area contributed by atoms with E-state index in [4.69, 9.17) is 10.00 Å². The minimum atomic E-state index is 0.0115. The van der Waals surface area contributed by atoms with E-state index in [0.717, 1.165) is 19.4 Å². The van der Waals surface area contributed by atoms with Crippen LogP contribution in [0.25, 0.3) is 0 Å². The third-order valence-electron chi connectivity index (χ3n) is 4.05. The first-order chi connectivity index (χ1) is 11.8. The van der Waals surface area contributed by atoms with E-state index >= 15 is 0 Å². The number of amides is 1. The Balaban J connectivity index is 1.57. The second-order valence-corrected chi connectivity index (χ2v) is 5.81. The highest BCUT2D eigenvalue weighted by Gasteiger charge is 2.25. The maximum absolute atomic E-state index is 12.5. The summed E-state index contributed by atoms with van der Waals surface area (Å²) in [5.41, 5.74) is 1.14. The molecule has 0 aliphatic carbocycles. The lowest BCUT2D eigenvalue weighted by Crippen LogP contribution is -2.41. The lowest BCUT2D eigenvalue weighted by molar-refractivity contribution is 0.0631. The standard InChI is InChI=1S/C18H18N4O2/c19-10-14-5-7-21-17(9-14)24-13-15-3-2-8-22(12-15)18(23)16-4-1-6-20-11-16/h1,4-7,9,11,15H,2-3,8,12-13H2. The summed E-state index contributed by atoms with van der Waals surface area (Å²) >= 11 is 0. The number of hydrogen-bond donors (Lipinski definition) is 0. The van der Waals surface area contributed by atoms with E-state index in [1.54, 1.807) is 42.9 Å². The van der Waals surface area contributed by atoms with Crippen LogP contribution in [0.4, 0.5) is 0 Å². The van der Waals surface area contributed by atoms with Crippen molar-refractivity contribution in [2.24, 2.45) is 5.92 Å². The molecule has 3 heterocycles. The average Bonchev–Trinajstić information content (AvgIpc) is 2.67. The number of pyridine rings is 2. The topological polar surface area (TPSA) is 79.1 Å². The molecule has 0 saturated carbocycles. The van der Waals surface area contributed by atoms with Gasteiger partial charge in [0.15, 0.2) is 0 Å². The fourth-order valence-electron chi connectivity index (χ4n) is 2.82. The van der Waals surface area contributed by atoms with Gasteiger partial charge in [-0.25, -0.2) is 4.98 Å². The van der Waals surface area contributed by atoms with Crippen molar-refractivity contribution in [3.05, 3.63) is 54.0 Å². The molecule has 122 valence electrons. The summed E-state index contributed by atoms with van der Waals surface area (Å²) < 4.78 is 5.71. The summed E-state index contributed by atoms with van der Waals surface area (Å²) in [5.74, 6) is 0.717. The highest BCUT2D eigenvalue weighted by Crippen LogP contribution is 2.20. The third-order valence-corrected chi connectivity index (χ3v) is 4.05. The number of carbonyl (C=O) groups excluding carboxylic acids is 1. The first kappa shape index (κ1) is 15.9. The number of nitrogens with zero attached hydrogens (tertiary/aromatic N) is 4. The first-order valence-electron chi connectivity index (χ1n) is 7.94. The zero-order valence-corrected chi connectivity index (χ0v) is 13.3. The number of aromatic nitrogens is 2. The quantitative estimate of drug-likeness (QED) is 0.863. The number of rotatable bonds is 4. The van der Waals surface area contributed by atoms with Crippen LogP contribution < -0.4 is 4.74 Å². The molecule has 0 radical (unpaired) electrons. The van der Waals surface area contributed by atoms with Gasteiger partial charge in [0.05, 0.1) is 23.8 Å². The molecule has 0 spiro atoms. The van der Waals surface area contributed by atoms with Crippen molar-refractivity contribution in [1.82, 2.24) is 14.9 Å². The summed E-state index contributed by atoms with van der Waals surface area (Å²) in [6.07, 6.45) is 6.78. The molecule has 6 nitrogen and oxygen atoms in total. The van der Waals surface area contributed by atoms with Crippen LogP contribution in [0.5, 0.6) is 5.88 Å². The van der Waals surface area contributed by atoms with Crippen LogP contribution in [-0.2, 0) is 0 Å². The number of likely N-dealkylation sites (tertiary alicyclic amines) is 1. The maximum atomic E-state index is 12.5. The van der Waals surface area contributed by atoms with Gasteiger partial charge in [-0.05, 0) is 31.0 Å². The number of hydrogen-bond acceptors (Lipinski definition) is 5. The Labute approximate surface area is 140 Å². The van der Waals surface area contributed by atoms with Crippen molar-refractivity contribution in [2.45, 2.75) is 12.8 Å². The van der Waals surface area contributed by atoms with Gasteiger partial charge in [0, 0.05) is 43.7 Å². The second-order valence-electron chi connectivity index (χ2n) is 5.81. The van der Waals surface area contributed by atoms with E-state index in [1.165, 1.54) is 0 Å². The fraction of sp³-hybridized carbons (Fsp3) is 0.333. The molecule has 1 atom stereocenters. The van der Waals surface area contributed by atoms with Crippen LogP contribution in [0.3, 0.4) is 0 Å². The molecule has 0 aromatic carbocycles. The van der Waals surface area contributed by atoms with Crippen molar-refractivity contribution in [1.29, 1.82) is 5.26 Å². The monoisotopic (exact) mass is 322 g/mol. The minimum absolute atomic E-state index is 0.0115. The van der Waals surface area contributed by atoms with Gasteiger partial charge >= 0.3 is 0 Å². The molecule has 24 heavy (non-hydrogen) atoms. The van der Waals surface area contributed by atoms with Crippen molar-refractivity contribution in [3.63, 3.8) is 0 Å². The van der Waals surface area contributed by atoms with E-state index in [-0.39, 0.29) is 11.8 Å². The molecule has 2 aromatic heterocycles. The Morgan fingerprint density at radius 3 is 3.12 bits per heavy atom. The van der Waals surface area contributed by atoms with E-state index in [2.05, 4.69) is 16.0 Å². The number of ether oxygens (including phenoxy) is 1. The summed E-state index contributed by atoms with van der Waals surface area (Å²) in [5, 5.41) is 8.90. The first-order valence-corrected chi connectivity index (χ1v) is 7.94. The normalized spacial score (nSPS) is 17.1. The molecule has 3 rings (SSSR count). The zero-order chi connectivity index (χ0) is 16.8.